The molecule has 1 aliphatic carbocycles. The van der Waals surface area contributed by atoms with Crippen LogP contribution < -0.4 is 16.0 Å². The number of halogens is 1. The number of imide groups is 1. The summed E-state index contributed by atoms with van der Waals surface area (Å²) in [5.41, 5.74) is 0.969. The van der Waals surface area contributed by atoms with Crippen molar-refractivity contribution in [2.24, 2.45) is 5.92 Å². The van der Waals surface area contributed by atoms with Crippen LogP contribution in [0.4, 0.5) is 9.18 Å². The number of hydrogen-bond donors (Lipinski definition) is 3. The molecule has 1 aromatic rings. The number of hydrogen-bond acceptors (Lipinski definition) is 3. The molecule has 0 aromatic heterocycles. The van der Waals surface area contributed by atoms with E-state index in [-0.39, 0.29) is 24.3 Å². The normalized spacial score (nSPS) is 15.7. The lowest BCUT2D eigenvalue weighted by molar-refractivity contribution is -0.119. The van der Waals surface area contributed by atoms with Crippen LogP contribution in [0.15, 0.2) is 24.3 Å². The summed E-state index contributed by atoms with van der Waals surface area (Å²) in [6, 6.07) is 5.86. The number of amides is 3. The van der Waals surface area contributed by atoms with Crippen molar-refractivity contribution < 1.29 is 14.0 Å². The predicted molar refractivity (Wildman–Crippen MR) is 81.7 cm³/mol. The van der Waals surface area contributed by atoms with Crippen molar-refractivity contribution in [2.45, 2.75) is 32.2 Å². The fourth-order valence-corrected chi connectivity index (χ4v) is 2.58. The molecule has 0 radical (unpaired) electrons. The van der Waals surface area contributed by atoms with Crippen LogP contribution in [0.5, 0.6) is 0 Å². The van der Waals surface area contributed by atoms with E-state index in [2.05, 4.69) is 16.0 Å². The van der Waals surface area contributed by atoms with Crippen LogP contribution in [0.1, 0.15) is 37.8 Å². The third kappa shape index (κ3) is 4.53. The Labute approximate surface area is 129 Å². The smallest absolute Gasteiger partial charge is 0.321 e. The summed E-state index contributed by atoms with van der Waals surface area (Å²) in [5, 5.41) is 7.96. The number of nitrogens with one attached hydrogen (secondary N) is 3. The molecular weight excluding hydrogens is 285 g/mol. The van der Waals surface area contributed by atoms with Crippen molar-refractivity contribution in [1.29, 1.82) is 0 Å². The zero-order chi connectivity index (χ0) is 15.9. The van der Waals surface area contributed by atoms with Gasteiger partial charge in [-0.3, -0.25) is 10.1 Å². The zero-order valence-corrected chi connectivity index (χ0v) is 12.7. The minimum absolute atomic E-state index is 0.00864. The fraction of sp³-hybridized carbons (Fsp3) is 0.500. The molecule has 6 heteroatoms. The molecule has 3 N–H and O–H groups in total. The number of benzene rings is 1. The SMILES string of the molecule is CCNC(=O)NC(=O)CN[C@H](c1ccc(F)cc1)C1CCC1. The fourth-order valence-electron chi connectivity index (χ4n) is 2.58. The molecule has 0 heterocycles. The van der Waals surface area contributed by atoms with E-state index in [0.29, 0.717) is 12.5 Å². The van der Waals surface area contributed by atoms with Gasteiger partial charge >= 0.3 is 6.03 Å². The van der Waals surface area contributed by atoms with Gasteiger partial charge in [-0.05, 0) is 43.4 Å². The van der Waals surface area contributed by atoms with Crippen LogP contribution in [0.2, 0.25) is 0 Å². The van der Waals surface area contributed by atoms with Gasteiger partial charge < -0.3 is 10.6 Å². The highest BCUT2D eigenvalue weighted by Crippen LogP contribution is 2.37. The Hall–Kier alpha value is -1.95. The van der Waals surface area contributed by atoms with Crippen LogP contribution in [0.25, 0.3) is 0 Å². The minimum Gasteiger partial charge on any atom is -0.338 e. The molecular formula is C16H22FN3O2. The first-order valence-electron chi connectivity index (χ1n) is 7.66. The molecule has 0 unspecified atom stereocenters. The average Bonchev–Trinajstić information content (AvgIpc) is 2.42. The Bertz CT molecular complexity index is 515. The lowest BCUT2D eigenvalue weighted by atomic mass is 9.77. The second-order valence-corrected chi connectivity index (χ2v) is 5.51. The topological polar surface area (TPSA) is 70.2 Å². The van der Waals surface area contributed by atoms with E-state index >= 15 is 0 Å². The van der Waals surface area contributed by atoms with Crippen LogP contribution >= 0.6 is 0 Å². The Morgan fingerprint density at radius 2 is 1.95 bits per heavy atom. The van der Waals surface area contributed by atoms with Crippen molar-refractivity contribution in [1.82, 2.24) is 16.0 Å². The van der Waals surface area contributed by atoms with Crippen LogP contribution in [0.3, 0.4) is 0 Å². The van der Waals surface area contributed by atoms with Crippen LogP contribution in [-0.2, 0) is 4.79 Å². The molecule has 1 saturated carbocycles. The molecule has 0 bridgehead atoms. The minimum atomic E-state index is -0.490. The van der Waals surface area contributed by atoms with Gasteiger partial charge in [0.15, 0.2) is 0 Å². The van der Waals surface area contributed by atoms with Crippen LogP contribution in [-0.4, -0.2) is 25.0 Å². The largest absolute Gasteiger partial charge is 0.338 e. The molecule has 0 saturated heterocycles. The summed E-state index contributed by atoms with van der Waals surface area (Å²) in [4.78, 5) is 23.0. The molecule has 22 heavy (non-hydrogen) atoms. The molecule has 120 valence electrons. The van der Waals surface area contributed by atoms with E-state index in [4.69, 9.17) is 0 Å². The standard InChI is InChI=1S/C16H22FN3O2/c1-2-18-16(22)20-14(21)10-19-15(11-4-3-5-11)12-6-8-13(17)9-7-12/h6-9,11,15,19H,2-5,10H2,1H3,(H2,18,20,21,22)/t15-/m0/s1. The summed E-state index contributed by atoms with van der Waals surface area (Å²) >= 11 is 0. The quantitative estimate of drug-likeness (QED) is 0.754. The summed E-state index contributed by atoms with van der Waals surface area (Å²) < 4.78 is 13.0. The van der Waals surface area contributed by atoms with Gasteiger partial charge in [-0.25, -0.2) is 9.18 Å². The van der Waals surface area contributed by atoms with Crippen molar-refractivity contribution in [3.8, 4) is 0 Å². The monoisotopic (exact) mass is 307 g/mol. The van der Waals surface area contributed by atoms with Gasteiger partial charge in [0.25, 0.3) is 0 Å². The first-order chi connectivity index (χ1) is 10.6. The number of carbonyl (C=O) groups is 2. The maximum atomic E-state index is 13.0. The highest BCUT2D eigenvalue weighted by Gasteiger charge is 2.28. The molecule has 1 aliphatic rings. The van der Waals surface area contributed by atoms with Gasteiger partial charge in [0, 0.05) is 12.6 Å². The molecule has 1 atom stereocenters. The van der Waals surface area contributed by atoms with Gasteiger partial charge in [0.05, 0.1) is 6.54 Å². The third-order valence-corrected chi connectivity index (χ3v) is 3.92. The summed E-state index contributed by atoms with van der Waals surface area (Å²) in [5.74, 6) is -0.204. The van der Waals surface area contributed by atoms with Gasteiger partial charge in [-0.1, -0.05) is 18.6 Å². The maximum Gasteiger partial charge on any atom is 0.321 e. The molecule has 2 rings (SSSR count). The highest BCUT2D eigenvalue weighted by atomic mass is 19.1. The zero-order valence-electron chi connectivity index (χ0n) is 12.7. The molecule has 1 fully saturated rings. The average molecular weight is 307 g/mol. The molecule has 0 aliphatic heterocycles. The Morgan fingerprint density at radius 3 is 2.50 bits per heavy atom. The number of urea groups is 1. The van der Waals surface area contributed by atoms with Crippen molar-refractivity contribution in [3.05, 3.63) is 35.6 Å². The second kappa shape index (κ2) is 7.89. The van der Waals surface area contributed by atoms with E-state index in [9.17, 15) is 14.0 Å². The Kier molecular flexibility index (Phi) is 5.89. The van der Waals surface area contributed by atoms with E-state index < -0.39 is 6.03 Å². The third-order valence-electron chi connectivity index (χ3n) is 3.92. The highest BCUT2D eigenvalue weighted by molar-refractivity contribution is 5.95. The van der Waals surface area contributed by atoms with Gasteiger partial charge in [-0.15, -0.1) is 0 Å². The van der Waals surface area contributed by atoms with Gasteiger partial charge in [0.2, 0.25) is 5.91 Å². The molecule has 0 spiro atoms. The molecule has 1 aromatic carbocycles. The van der Waals surface area contributed by atoms with E-state index in [0.717, 1.165) is 18.4 Å². The van der Waals surface area contributed by atoms with Crippen molar-refractivity contribution >= 4 is 11.9 Å². The predicted octanol–water partition coefficient (Wildman–Crippen LogP) is 2.10. The summed E-state index contributed by atoms with van der Waals surface area (Å²) in [7, 11) is 0. The lowest BCUT2D eigenvalue weighted by Crippen LogP contribution is -2.45. The first-order valence-corrected chi connectivity index (χ1v) is 7.66. The Morgan fingerprint density at radius 1 is 1.27 bits per heavy atom. The van der Waals surface area contributed by atoms with E-state index in [1.807, 2.05) is 0 Å². The number of rotatable bonds is 6. The lowest BCUT2D eigenvalue weighted by Gasteiger charge is -2.34. The second-order valence-electron chi connectivity index (χ2n) is 5.51. The number of carbonyl (C=O) groups excluding carboxylic acids is 2. The van der Waals surface area contributed by atoms with E-state index in [1.165, 1.54) is 18.6 Å². The van der Waals surface area contributed by atoms with Crippen molar-refractivity contribution in [2.75, 3.05) is 13.1 Å². The van der Waals surface area contributed by atoms with Crippen LogP contribution in [0, 0.1) is 11.7 Å². The van der Waals surface area contributed by atoms with E-state index in [1.54, 1.807) is 19.1 Å². The first kappa shape index (κ1) is 16.4. The van der Waals surface area contributed by atoms with Gasteiger partial charge in [-0.2, -0.15) is 0 Å². The molecule has 3 amide bonds. The maximum absolute atomic E-state index is 13.0. The van der Waals surface area contributed by atoms with Crippen molar-refractivity contribution in [3.63, 3.8) is 0 Å². The molecule has 5 nitrogen and oxygen atoms in total. The Balaban J connectivity index is 1.91. The summed E-state index contributed by atoms with van der Waals surface area (Å²) in [6.07, 6.45) is 3.36. The summed E-state index contributed by atoms with van der Waals surface area (Å²) in [6.45, 7) is 2.30. The van der Waals surface area contributed by atoms with Gasteiger partial charge in [0.1, 0.15) is 5.82 Å².